The molecular formula is C14H21N3OS. The Morgan fingerprint density at radius 3 is 2.74 bits per heavy atom. The third-order valence-electron chi connectivity index (χ3n) is 3.30. The Balaban J connectivity index is 2.30. The lowest BCUT2D eigenvalue weighted by Gasteiger charge is -2.35. The fourth-order valence-corrected chi connectivity index (χ4v) is 2.74. The van der Waals surface area contributed by atoms with Crippen molar-refractivity contribution in [3.63, 3.8) is 0 Å². The van der Waals surface area contributed by atoms with Gasteiger partial charge in [-0.3, -0.25) is 4.90 Å². The monoisotopic (exact) mass is 279 g/mol. The first-order valence-electron chi connectivity index (χ1n) is 6.70. The summed E-state index contributed by atoms with van der Waals surface area (Å²) in [7, 11) is 0. The lowest BCUT2D eigenvalue weighted by atomic mass is 10.0. The highest BCUT2D eigenvalue weighted by Crippen LogP contribution is 2.30. The zero-order valence-electron chi connectivity index (χ0n) is 11.3. The summed E-state index contributed by atoms with van der Waals surface area (Å²) in [6.07, 6.45) is 0. The third-order valence-corrected chi connectivity index (χ3v) is 3.52. The van der Waals surface area contributed by atoms with Crippen LogP contribution in [0.5, 0.6) is 5.75 Å². The maximum atomic E-state index is 5.98. The van der Waals surface area contributed by atoms with Crippen LogP contribution in [0.4, 0.5) is 0 Å². The van der Waals surface area contributed by atoms with Crippen molar-refractivity contribution in [3.05, 3.63) is 29.8 Å². The van der Waals surface area contributed by atoms with Crippen molar-refractivity contribution in [2.24, 2.45) is 5.73 Å². The van der Waals surface area contributed by atoms with E-state index in [4.69, 9.17) is 22.7 Å². The average Bonchev–Trinajstić information content (AvgIpc) is 2.42. The quantitative estimate of drug-likeness (QED) is 0.796. The van der Waals surface area contributed by atoms with Crippen LogP contribution in [0, 0.1) is 0 Å². The van der Waals surface area contributed by atoms with E-state index in [1.807, 2.05) is 25.1 Å². The molecule has 0 amide bonds. The molecule has 0 aliphatic carbocycles. The first-order valence-corrected chi connectivity index (χ1v) is 7.10. The van der Waals surface area contributed by atoms with Gasteiger partial charge < -0.3 is 15.8 Å². The summed E-state index contributed by atoms with van der Waals surface area (Å²) in [5, 5.41) is 3.34. The van der Waals surface area contributed by atoms with Crippen LogP contribution >= 0.6 is 12.2 Å². The molecule has 19 heavy (non-hydrogen) atoms. The number of nitrogens with zero attached hydrogens (tertiary/aromatic N) is 1. The topological polar surface area (TPSA) is 50.5 Å². The molecule has 0 saturated carbocycles. The molecule has 0 spiro atoms. The Morgan fingerprint density at radius 2 is 2.11 bits per heavy atom. The number of hydrogen-bond donors (Lipinski definition) is 2. The summed E-state index contributed by atoms with van der Waals surface area (Å²) in [6, 6.07) is 7.97. The van der Waals surface area contributed by atoms with Crippen molar-refractivity contribution in [1.82, 2.24) is 10.2 Å². The summed E-state index contributed by atoms with van der Waals surface area (Å²) >= 11 is 5.28. The molecule has 1 saturated heterocycles. The molecule has 1 aliphatic heterocycles. The lowest BCUT2D eigenvalue weighted by Crippen LogP contribution is -2.48. The van der Waals surface area contributed by atoms with Crippen LogP contribution in [-0.4, -0.2) is 42.7 Å². The maximum Gasteiger partial charge on any atom is 0.124 e. The van der Waals surface area contributed by atoms with Crippen molar-refractivity contribution in [1.29, 1.82) is 0 Å². The van der Waals surface area contributed by atoms with Crippen LogP contribution in [-0.2, 0) is 0 Å². The lowest BCUT2D eigenvalue weighted by molar-refractivity contribution is 0.210. The second kappa shape index (κ2) is 6.84. The Hall–Kier alpha value is -1.17. The van der Waals surface area contributed by atoms with E-state index in [-0.39, 0.29) is 6.04 Å². The molecule has 1 aliphatic rings. The van der Waals surface area contributed by atoms with Crippen LogP contribution in [0.1, 0.15) is 18.5 Å². The minimum absolute atomic E-state index is 0.0418. The van der Waals surface area contributed by atoms with Crippen molar-refractivity contribution in [2.45, 2.75) is 13.0 Å². The zero-order valence-corrected chi connectivity index (χ0v) is 12.1. The molecule has 104 valence electrons. The van der Waals surface area contributed by atoms with Gasteiger partial charge in [0.15, 0.2) is 0 Å². The van der Waals surface area contributed by atoms with Crippen LogP contribution in [0.2, 0.25) is 0 Å². The maximum absolute atomic E-state index is 5.98. The first-order chi connectivity index (χ1) is 9.24. The van der Waals surface area contributed by atoms with Gasteiger partial charge in [-0.1, -0.05) is 30.4 Å². The fourth-order valence-electron chi connectivity index (χ4n) is 2.46. The molecule has 0 aromatic heterocycles. The molecule has 1 atom stereocenters. The van der Waals surface area contributed by atoms with Gasteiger partial charge in [-0.15, -0.1) is 0 Å². The molecule has 1 aromatic rings. The van der Waals surface area contributed by atoms with Gasteiger partial charge in [0.25, 0.3) is 0 Å². The predicted molar refractivity (Wildman–Crippen MR) is 81.6 cm³/mol. The molecule has 2 rings (SSSR count). The second-order valence-corrected chi connectivity index (χ2v) is 5.03. The van der Waals surface area contributed by atoms with Gasteiger partial charge in [0.2, 0.25) is 0 Å². The third kappa shape index (κ3) is 3.43. The average molecular weight is 279 g/mol. The van der Waals surface area contributed by atoms with Gasteiger partial charge >= 0.3 is 0 Å². The number of nitrogens with two attached hydrogens (primary N) is 1. The second-order valence-electron chi connectivity index (χ2n) is 4.56. The van der Waals surface area contributed by atoms with E-state index in [0.29, 0.717) is 11.6 Å². The van der Waals surface area contributed by atoms with Crippen LogP contribution in [0.3, 0.4) is 0 Å². The number of para-hydroxylation sites is 1. The highest BCUT2D eigenvalue weighted by molar-refractivity contribution is 7.80. The minimum atomic E-state index is -0.0418. The first kappa shape index (κ1) is 14.2. The van der Waals surface area contributed by atoms with Crippen molar-refractivity contribution in [3.8, 4) is 5.75 Å². The number of hydrogen-bond acceptors (Lipinski definition) is 4. The molecule has 4 nitrogen and oxygen atoms in total. The van der Waals surface area contributed by atoms with E-state index in [9.17, 15) is 0 Å². The molecule has 1 heterocycles. The van der Waals surface area contributed by atoms with Crippen molar-refractivity contribution < 1.29 is 4.74 Å². The number of rotatable bonds is 5. The Morgan fingerprint density at radius 1 is 1.42 bits per heavy atom. The minimum Gasteiger partial charge on any atom is -0.494 e. The SMILES string of the molecule is CCOc1ccccc1C(C(N)=S)N1CCNCC1. The van der Waals surface area contributed by atoms with Gasteiger partial charge in [-0.05, 0) is 13.0 Å². The molecule has 1 fully saturated rings. The Labute approximate surface area is 119 Å². The van der Waals surface area contributed by atoms with Crippen LogP contribution < -0.4 is 15.8 Å². The standard InChI is InChI=1S/C14H21N3OS/c1-2-18-12-6-4-3-5-11(12)13(14(15)19)17-9-7-16-8-10-17/h3-6,13,16H,2,7-10H2,1H3,(H2,15,19). The van der Waals surface area contributed by atoms with Crippen LogP contribution in [0.15, 0.2) is 24.3 Å². The van der Waals surface area contributed by atoms with Gasteiger partial charge in [0.1, 0.15) is 5.75 Å². The summed E-state index contributed by atoms with van der Waals surface area (Å²) in [5.74, 6) is 0.876. The normalized spacial score (nSPS) is 17.9. The number of nitrogens with one attached hydrogen (secondary N) is 1. The number of piperazine rings is 1. The predicted octanol–water partition coefficient (Wildman–Crippen LogP) is 1.32. The molecule has 5 heteroatoms. The fraction of sp³-hybridized carbons (Fsp3) is 0.500. The molecule has 0 radical (unpaired) electrons. The number of thiocarbonyl (C=S) groups is 1. The number of ether oxygens (including phenoxy) is 1. The summed E-state index contributed by atoms with van der Waals surface area (Å²) in [4.78, 5) is 2.82. The zero-order chi connectivity index (χ0) is 13.7. The van der Waals surface area contributed by atoms with Gasteiger partial charge in [0.05, 0.1) is 17.6 Å². The van der Waals surface area contributed by atoms with Crippen molar-refractivity contribution >= 4 is 17.2 Å². The van der Waals surface area contributed by atoms with E-state index in [2.05, 4.69) is 16.3 Å². The Bertz CT molecular complexity index is 432. The van der Waals surface area contributed by atoms with E-state index in [1.54, 1.807) is 0 Å². The van der Waals surface area contributed by atoms with Gasteiger partial charge in [-0.25, -0.2) is 0 Å². The summed E-state index contributed by atoms with van der Waals surface area (Å²) in [5.41, 5.74) is 7.05. The largest absolute Gasteiger partial charge is 0.494 e. The van der Waals surface area contributed by atoms with Crippen LogP contribution in [0.25, 0.3) is 0 Å². The van der Waals surface area contributed by atoms with E-state index in [0.717, 1.165) is 37.5 Å². The highest BCUT2D eigenvalue weighted by Gasteiger charge is 2.26. The van der Waals surface area contributed by atoms with Gasteiger partial charge in [-0.2, -0.15) is 0 Å². The van der Waals surface area contributed by atoms with E-state index < -0.39 is 0 Å². The summed E-state index contributed by atoms with van der Waals surface area (Å²) in [6.45, 7) is 6.46. The van der Waals surface area contributed by atoms with Crippen molar-refractivity contribution in [2.75, 3.05) is 32.8 Å². The molecule has 0 bridgehead atoms. The Kier molecular flexibility index (Phi) is 5.13. The number of benzene rings is 1. The highest BCUT2D eigenvalue weighted by atomic mass is 32.1. The molecule has 3 N–H and O–H groups in total. The molecular weight excluding hydrogens is 258 g/mol. The summed E-state index contributed by atoms with van der Waals surface area (Å²) < 4.78 is 5.70. The molecule has 1 aromatic carbocycles. The smallest absolute Gasteiger partial charge is 0.124 e. The molecule has 1 unspecified atom stereocenters. The van der Waals surface area contributed by atoms with E-state index in [1.165, 1.54) is 0 Å². The van der Waals surface area contributed by atoms with E-state index >= 15 is 0 Å². The van der Waals surface area contributed by atoms with Gasteiger partial charge in [0, 0.05) is 31.7 Å².